The molecule has 1 aliphatic rings. The predicted octanol–water partition coefficient (Wildman–Crippen LogP) is -1.54. The molecule has 2 heterocycles. The van der Waals surface area contributed by atoms with Crippen molar-refractivity contribution < 1.29 is 8.42 Å². The number of hydrogen-bond acceptors (Lipinski definition) is 5. The zero-order valence-corrected chi connectivity index (χ0v) is 13.2. The molecule has 21 heavy (non-hydrogen) atoms. The first-order chi connectivity index (χ1) is 9.80. The van der Waals surface area contributed by atoms with Gasteiger partial charge in [0, 0.05) is 39.4 Å². The summed E-state index contributed by atoms with van der Waals surface area (Å²) in [6.45, 7) is 0.923. The van der Waals surface area contributed by atoms with Gasteiger partial charge in [0.25, 0.3) is 5.56 Å². The SMILES string of the molecule is CNC[C@@H]1CCCN1S(=O)(=O)c1cn(C)c(=O)n(C)c1=O. The Hall–Kier alpha value is -1.45. The quantitative estimate of drug-likeness (QED) is 0.726. The molecular weight excluding hydrogens is 296 g/mol. The van der Waals surface area contributed by atoms with Crippen molar-refractivity contribution in [3.05, 3.63) is 27.0 Å². The van der Waals surface area contributed by atoms with E-state index in [2.05, 4.69) is 5.32 Å². The molecule has 1 aromatic heterocycles. The van der Waals surface area contributed by atoms with E-state index in [1.54, 1.807) is 7.05 Å². The Labute approximate surface area is 123 Å². The van der Waals surface area contributed by atoms with Crippen LogP contribution in [0.3, 0.4) is 0 Å². The van der Waals surface area contributed by atoms with E-state index < -0.39 is 21.3 Å². The van der Waals surface area contributed by atoms with Crippen molar-refractivity contribution in [2.75, 3.05) is 20.1 Å². The summed E-state index contributed by atoms with van der Waals surface area (Å²) in [5.74, 6) is 0. The van der Waals surface area contributed by atoms with Crippen molar-refractivity contribution in [2.45, 2.75) is 23.8 Å². The molecule has 1 aliphatic heterocycles. The molecule has 118 valence electrons. The van der Waals surface area contributed by atoms with Gasteiger partial charge in [0.05, 0.1) is 0 Å². The number of rotatable bonds is 4. The summed E-state index contributed by atoms with van der Waals surface area (Å²) in [6, 6.07) is -0.165. The molecule has 1 fully saturated rings. The average molecular weight is 316 g/mol. The lowest BCUT2D eigenvalue weighted by atomic mass is 10.2. The molecule has 8 nitrogen and oxygen atoms in total. The van der Waals surface area contributed by atoms with Crippen LogP contribution in [0.15, 0.2) is 20.7 Å². The normalized spacial score (nSPS) is 20.0. The van der Waals surface area contributed by atoms with Gasteiger partial charge in [-0.05, 0) is 19.9 Å². The molecule has 0 bridgehead atoms. The molecule has 0 unspecified atom stereocenters. The number of aromatic nitrogens is 2. The Morgan fingerprint density at radius 1 is 1.33 bits per heavy atom. The molecule has 1 saturated heterocycles. The second-order valence-electron chi connectivity index (χ2n) is 5.22. The van der Waals surface area contributed by atoms with E-state index in [-0.39, 0.29) is 10.9 Å². The topological polar surface area (TPSA) is 93.4 Å². The summed E-state index contributed by atoms with van der Waals surface area (Å²) in [5.41, 5.74) is -1.33. The van der Waals surface area contributed by atoms with Gasteiger partial charge in [-0.1, -0.05) is 0 Å². The third-order valence-electron chi connectivity index (χ3n) is 3.76. The number of aryl methyl sites for hydroxylation is 1. The van der Waals surface area contributed by atoms with Crippen LogP contribution in [-0.2, 0) is 24.1 Å². The highest BCUT2D eigenvalue weighted by atomic mass is 32.2. The van der Waals surface area contributed by atoms with Crippen molar-refractivity contribution in [3.8, 4) is 0 Å². The van der Waals surface area contributed by atoms with Crippen molar-refractivity contribution in [1.29, 1.82) is 0 Å². The van der Waals surface area contributed by atoms with Crippen molar-refractivity contribution in [3.63, 3.8) is 0 Å². The Balaban J connectivity index is 2.55. The maximum absolute atomic E-state index is 12.7. The van der Waals surface area contributed by atoms with Gasteiger partial charge < -0.3 is 9.88 Å². The average Bonchev–Trinajstić information content (AvgIpc) is 2.90. The molecule has 0 spiro atoms. The van der Waals surface area contributed by atoms with Crippen LogP contribution in [0.1, 0.15) is 12.8 Å². The molecule has 2 rings (SSSR count). The minimum absolute atomic E-state index is 0.165. The molecule has 0 aliphatic carbocycles. The zero-order chi connectivity index (χ0) is 15.8. The summed E-state index contributed by atoms with van der Waals surface area (Å²) in [4.78, 5) is 23.5. The van der Waals surface area contributed by atoms with Crippen LogP contribution >= 0.6 is 0 Å². The van der Waals surface area contributed by atoms with Gasteiger partial charge in [-0.25, -0.2) is 13.2 Å². The van der Waals surface area contributed by atoms with E-state index in [1.807, 2.05) is 0 Å². The first-order valence-electron chi connectivity index (χ1n) is 6.73. The van der Waals surface area contributed by atoms with Crippen molar-refractivity contribution >= 4 is 10.0 Å². The maximum Gasteiger partial charge on any atom is 0.330 e. The Morgan fingerprint density at radius 3 is 2.62 bits per heavy atom. The minimum Gasteiger partial charge on any atom is -0.318 e. The highest BCUT2D eigenvalue weighted by molar-refractivity contribution is 7.89. The Morgan fingerprint density at radius 2 is 2.00 bits per heavy atom. The monoisotopic (exact) mass is 316 g/mol. The Bertz CT molecular complexity index is 750. The van der Waals surface area contributed by atoms with E-state index in [0.717, 1.165) is 28.2 Å². The van der Waals surface area contributed by atoms with Gasteiger partial charge in [-0.2, -0.15) is 4.31 Å². The fourth-order valence-electron chi connectivity index (χ4n) is 2.64. The number of sulfonamides is 1. The molecule has 9 heteroatoms. The van der Waals surface area contributed by atoms with E-state index in [9.17, 15) is 18.0 Å². The third-order valence-corrected chi connectivity index (χ3v) is 5.70. The van der Waals surface area contributed by atoms with Crippen LogP contribution in [0.25, 0.3) is 0 Å². The predicted molar refractivity (Wildman–Crippen MR) is 77.8 cm³/mol. The lowest BCUT2D eigenvalue weighted by molar-refractivity contribution is 0.377. The molecule has 0 aromatic carbocycles. The largest absolute Gasteiger partial charge is 0.330 e. The van der Waals surface area contributed by atoms with Gasteiger partial charge in [0.15, 0.2) is 4.90 Å². The number of nitrogens with one attached hydrogen (secondary N) is 1. The van der Waals surface area contributed by atoms with Crippen molar-refractivity contribution in [2.24, 2.45) is 14.1 Å². The maximum atomic E-state index is 12.7. The van der Waals surface area contributed by atoms with Crippen LogP contribution in [-0.4, -0.2) is 48.0 Å². The zero-order valence-electron chi connectivity index (χ0n) is 12.4. The third kappa shape index (κ3) is 2.68. The van der Waals surface area contributed by atoms with Gasteiger partial charge in [0.1, 0.15) is 0 Å². The summed E-state index contributed by atoms with van der Waals surface area (Å²) in [5, 5.41) is 2.97. The van der Waals surface area contributed by atoms with E-state index in [0.29, 0.717) is 13.1 Å². The molecule has 0 saturated carbocycles. The van der Waals surface area contributed by atoms with E-state index >= 15 is 0 Å². The first kappa shape index (κ1) is 15.9. The van der Waals surface area contributed by atoms with E-state index in [4.69, 9.17) is 0 Å². The fourth-order valence-corrected chi connectivity index (χ4v) is 4.49. The van der Waals surface area contributed by atoms with Crippen LogP contribution in [0, 0.1) is 0 Å². The van der Waals surface area contributed by atoms with Gasteiger partial charge in [-0.3, -0.25) is 9.36 Å². The lowest BCUT2D eigenvalue weighted by Crippen LogP contribution is -2.45. The summed E-state index contributed by atoms with van der Waals surface area (Å²) < 4.78 is 28.7. The number of likely N-dealkylation sites (N-methyl/N-ethyl adjacent to an activating group) is 1. The Kier molecular flexibility index (Phi) is 4.35. The van der Waals surface area contributed by atoms with Crippen LogP contribution < -0.4 is 16.6 Å². The fraction of sp³-hybridized carbons (Fsp3) is 0.667. The number of hydrogen-bond donors (Lipinski definition) is 1. The molecule has 0 amide bonds. The van der Waals surface area contributed by atoms with Crippen molar-refractivity contribution in [1.82, 2.24) is 18.8 Å². The van der Waals surface area contributed by atoms with Gasteiger partial charge in [0.2, 0.25) is 10.0 Å². The lowest BCUT2D eigenvalue weighted by Gasteiger charge is -2.23. The molecule has 1 N–H and O–H groups in total. The molecule has 1 atom stereocenters. The van der Waals surface area contributed by atoms with Crippen LogP contribution in [0.4, 0.5) is 0 Å². The summed E-state index contributed by atoms with van der Waals surface area (Å²) in [7, 11) is 0.559. The van der Waals surface area contributed by atoms with Crippen LogP contribution in [0.2, 0.25) is 0 Å². The van der Waals surface area contributed by atoms with Gasteiger partial charge >= 0.3 is 5.69 Å². The second kappa shape index (κ2) is 5.74. The molecule has 1 aromatic rings. The van der Waals surface area contributed by atoms with Crippen LogP contribution in [0.5, 0.6) is 0 Å². The van der Waals surface area contributed by atoms with Gasteiger partial charge in [-0.15, -0.1) is 0 Å². The number of nitrogens with zero attached hydrogens (tertiary/aromatic N) is 3. The second-order valence-corrected chi connectivity index (χ2v) is 7.08. The standard InChI is InChI=1S/C12H20N4O4S/c1-13-7-9-5-4-6-16(9)21(19,20)10-8-14(2)12(18)15(3)11(10)17/h8-9,13H,4-7H2,1-3H3/t9-/m0/s1. The summed E-state index contributed by atoms with van der Waals surface area (Å²) in [6.07, 6.45) is 2.62. The minimum atomic E-state index is -3.90. The highest BCUT2D eigenvalue weighted by Gasteiger charge is 2.36. The molecular formula is C12H20N4O4S. The highest BCUT2D eigenvalue weighted by Crippen LogP contribution is 2.23. The smallest absolute Gasteiger partial charge is 0.318 e. The van der Waals surface area contributed by atoms with E-state index in [1.165, 1.54) is 18.4 Å². The molecule has 0 radical (unpaired) electrons. The summed E-state index contributed by atoms with van der Waals surface area (Å²) >= 11 is 0. The first-order valence-corrected chi connectivity index (χ1v) is 8.17.